The molecule has 0 amide bonds. The largest absolute Gasteiger partial charge is 0.302 e. The second-order valence-electron chi connectivity index (χ2n) is 4.74. The van der Waals surface area contributed by atoms with E-state index in [2.05, 4.69) is 26.0 Å². The molecule has 0 unspecified atom stereocenters. The van der Waals surface area contributed by atoms with Crippen molar-refractivity contribution in [2.45, 2.75) is 53.4 Å². The van der Waals surface area contributed by atoms with E-state index in [1.54, 1.807) is 0 Å². The fraction of sp³-hybridized carbons (Fsp3) is 0.600. The number of hydrogen-bond donors (Lipinski definition) is 0. The van der Waals surface area contributed by atoms with Gasteiger partial charge in [0.1, 0.15) is 12.6 Å². The SMILES string of the molecule is CCC=C(C)CC(C=O)(C=O)CC(C)=CCC. The van der Waals surface area contributed by atoms with E-state index in [0.29, 0.717) is 12.8 Å². The number of allylic oxidation sites excluding steroid dienone is 4. The third-order valence-corrected chi connectivity index (χ3v) is 2.79. The lowest BCUT2D eigenvalue weighted by Crippen LogP contribution is -2.25. The molecule has 0 radical (unpaired) electrons. The lowest BCUT2D eigenvalue weighted by Gasteiger charge is -2.22. The van der Waals surface area contributed by atoms with Crippen molar-refractivity contribution in [3.05, 3.63) is 23.3 Å². The van der Waals surface area contributed by atoms with Crippen LogP contribution in [0.15, 0.2) is 23.3 Å². The Morgan fingerprint density at radius 2 is 1.24 bits per heavy atom. The summed E-state index contributed by atoms with van der Waals surface area (Å²) >= 11 is 0. The van der Waals surface area contributed by atoms with Crippen LogP contribution in [0.5, 0.6) is 0 Å². The quantitative estimate of drug-likeness (QED) is 0.364. The smallest absolute Gasteiger partial charge is 0.133 e. The molecule has 0 saturated carbocycles. The van der Waals surface area contributed by atoms with Crippen molar-refractivity contribution in [1.82, 2.24) is 0 Å². The minimum Gasteiger partial charge on any atom is -0.302 e. The Morgan fingerprint density at radius 3 is 1.47 bits per heavy atom. The predicted octanol–water partition coefficient (Wildman–Crippen LogP) is 3.86. The molecule has 0 rings (SSSR count). The monoisotopic (exact) mass is 236 g/mol. The summed E-state index contributed by atoms with van der Waals surface area (Å²) in [6, 6.07) is 0. The molecule has 0 aromatic heterocycles. The Hall–Kier alpha value is -1.18. The second kappa shape index (κ2) is 7.99. The average molecular weight is 236 g/mol. The first-order chi connectivity index (χ1) is 8.03. The highest BCUT2D eigenvalue weighted by molar-refractivity contribution is 5.84. The fourth-order valence-corrected chi connectivity index (χ4v) is 2.14. The maximum Gasteiger partial charge on any atom is 0.133 e. The fourth-order valence-electron chi connectivity index (χ4n) is 2.14. The van der Waals surface area contributed by atoms with Crippen LogP contribution in [0.2, 0.25) is 0 Å². The highest BCUT2D eigenvalue weighted by Crippen LogP contribution is 2.29. The van der Waals surface area contributed by atoms with Crippen LogP contribution in [0, 0.1) is 5.41 Å². The molecule has 0 spiro atoms. The molecule has 0 fully saturated rings. The summed E-state index contributed by atoms with van der Waals surface area (Å²) < 4.78 is 0. The molecule has 0 aliphatic rings. The van der Waals surface area contributed by atoms with E-state index < -0.39 is 5.41 Å². The van der Waals surface area contributed by atoms with Gasteiger partial charge in [-0.1, -0.05) is 37.1 Å². The van der Waals surface area contributed by atoms with E-state index in [4.69, 9.17) is 0 Å². The van der Waals surface area contributed by atoms with Crippen LogP contribution in [-0.2, 0) is 9.59 Å². The van der Waals surface area contributed by atoms with Gasteiger partial charge in [0.05, 0.1) is 5.41 Å². The molecule has 96 valence electrons. The number of carbonyl (C=O) groups is 2. The maximum absolute atomic E-state index is 11.3. The van der Waals surface area contributed by atoms with Crippen molar-refractivity contribution < 1.29 is 9.59 Å². The van der Waals surface area contributed by atoms with Gasteiger partial charge in [-0.15, -0.1) is 0 Å². The lowest BCUT2D eigenvalue weighted by molar-refractivity contribution is -0.126. The molecule has 0 aliphatic carbocycles. The van der Waals surface area contributed by atoms with Crippen molar-refractivity contribution in [2.75, 3.05) is 0 Å². The van der Waals surface area contributed by atoms with Crippen LogP contribution in [0.4, 0.5) is 0 Å². The third kappa shape index (κ3) is 5.62. The van der Waals surface area contributed by atoms with Gasteiger partial charge in [0.25, 0.3) is 0 Å². The number of carbonyl (C=O) groups excluding carboxylic acids is 2. The molecule has 0 aliphatic heterocycles. The Balaban J connectivity index is 4.91. The molecular weight excluding hydrogens is 212 g/mol. The summed E-state index contributed by atoms with van der Waals surface area (Å²) in [5.41, 5.74) is 1.35. The van der Waals surface area contributed by atoms with Gasteiger partial charge in [-0.25, -0.2) is 0 Å². The van der Waals surface area contributed by atoms with E-state index in [9.17, 15) is 9.59 Å². The average Bonchev–Trinajstić information content (AvgIpc) is 2.28. The van der Waals surface area contributed by atoms with Gasteiger partial charge in [0, 0.05) is 0 Å². The van der Waals surface area contributed by atoms with Crippen LogP contribution in [-0.4, -0.2) is 12.6 Å². The zero-order valence-electron chi connectivity index (χ0n) is 11.5. The van der Waals surface area contributed by atoms with Gasteiger partial charge in [0.2, 0.25) is 0 Å². The Kier molecular flexibility index (Phi) is 7.44. The number of rotatable bonds is 8. The van der Waals surface area contributed by atoms with Crippen LogP contribution < -0.4 is 0 Å². The molecule has 0 aromatic rings. The summed E-state index contributed by atoms with van der Waals surface area (Å²) in [5, 5.41) is 0. The molecule has 17 heavy (non-hydrogen) atoms. The molecule has 2 heteroatoms. The summed E-state index contributed by atoms with van der Waals surface area (Å²) in [6.07, 6.45) is 8.68. The zero-order chi connectivity index (χ0) is 13.3. The Labute approximate surface area is 105 Å². The number of aldehydes is 2. The molecule has 0 N–H and O–H groups in total. The minimum atomic E-state index is -0.870. The first-order valence-electron chi connectivity index (χ1n) is 6.27. The summed E-state index contributed by atoms with van der Waals surface area (Å²) in [7, 11) is 0. The normalized spacial score (nSPS) is 13.6. The van der Waals surface area contributed by atoms with Gasteiger partial charge in [-0.3, -0.25) is 0 Å². The Bertz CT molecular complexity index is 279. The van der Waals surface area contributed by atoms with E-state index in [0.717, 1.165) is 36.6 Å². The predicted molar refractivity (Wildman–Crippen MR) is 71.9 cm³/mol. The van der Waals surface area contributed by atoms with E-state index in [-0.39, 0.29) is 0 Å². The minimum absolute atomic E-state index is 0.530. The third-order valence-electron chi connectivity index (χ3n) is 2.79. The molecule has 0 bridgehead atoms. The first kappa shape index (κ1) is 15.8. The van der Waals surface area contributed by atoms with Crippen molar-refractivity contribution in [2.24, 2.45) is 5.41 Å². The molecule has 0 atom stereocenters. The van der Waals surface area contributed by atoms with Gasteiger partial charge in [-0.05, 0) is 39.5 Å². The molecule has 0 aromatic carbocycles. The topological polar surface area (TPSA) is 34.1 Å². The van der Waals surface area contributed by atoms with E-state index >= 15 is 0 Å². The first-order valence-corrected chi connectivity index (χ1v) is 6.27. The van der Waals surface area contributed by atoms with Crippen molar-refractivity contribution >= 4 is 12.6 Å². The van der Waals surface area contributed by atoms with Crippen LogP contribution in [0.1, 0.15) is 53.4 Å². The van der Waals surface area contributed by atoms with Crippen molar-refractivity contribution in [3.8, 4) is 0 Å². The molecule has 2 nitrogen and oxygen atoms in total. The van der Waals surface area contributed by atoms with E-state index in [1.807, 2.05) is 13.8 Å². The van der Waals surface area contributed by atoms with Crippen LogP contribution >= 0.6 is 0 Å². The van der Waals surface area contributed by atoms with Crippen LogP contribution in [0.25, 0.3) is 0 Å². The van der Waals surface area contributed by atoms with Gasteiger partial charge < -0.3 is 9.59 Å². The Morgan fingerprint density at radius 1 is 0.882 bits per heavy atom. The van der Waals surface area contributed by atoms with Crippen molar-refractivity contribution in [3.63, 3.8) is 0 Å². The summed E-state index contributed by atoms with van der Waals surface area (Å²) in [4.78, 5) is 22.5. The second-order valence-corrected chi connectivity index (χ2v) is 4.74. The lowest BCUT2D eigenvalue weighted by atomic mass is 9.79. The van der Waals surface area contributed by atoms with Gasteiger partial charge in [-0.2, -0.15) is 0 Å². The highest BCUT2D eigenvalue weighted by atomic mass is 16.1. The van der Waals surface area contributed by atoms with Gasteiger partial charge >= 0.3 is 0 Å². The summed E-state index contributed by atoms with van der Waals surface area (Å²) in [5.74, 6) is 0. The zero-order valence-corrected chi connectivity index (χ0v) is 11.5. The van der Waals surface area contributed by atoms with Crippen LogP contribution in [0.3, 0.4) is 0 Å². The highest BCUT2D eigenvalue weighted by Gasteiger charge is 2.29. The molecule has 0 heterocycles. The molecular formula is C15H24O2. The number of hydrogen-bond acceptors (Lipinski definition) is 2. The molecule has 0 saturated heterocycles. The standard InChI is InChI=1S/C15H24O2/c1-5-7-13(3)9-15(11-16,12-17)10-14(4)8-6-2/h7-8,11-12H,5-6,9-10H2,1-4H3. The van der Waals surface area contributed by atoms with Gasteiger partial charge in [0.15, 0.2) is 0 Å². The maximum atomic E-state index is 11.3. The van der Waals surface area contributed by atoms with Crippen molar-refractivity contribution in [1.29, 1.82) is 0 Å². The summed E-state index contributed by atoms with van der Waals surface area (Å²) in [6.45, 7) is 8.05. The van der Waals surface area contributed by atoms with E-state index in [1.165, 1.54) is 0 Å².